The summed E-state index contributed by atoms with van der Waals surface area (Å²) in [5, 5.41) is 6.13. The maximum absolute atomic E-state index is 11.7. The van der Waals surface area contributed by atoms with Gasteiger partial charge in [0.25, 0.3) is 0 Å². The van der Waals surface area contributed by atoms with E-state index in [1.165, 1.54) is 0 Å². The number of amides is 1. The van der Waals surface area contributed by atoms with Crippen molar-refractivity contribution in [3.8, 4) is 0 Å². The summed E-state index contributed by atoms with van der Waals surface area (Å²) in [6.07, 6.45) is 2.04. The van der Waals surface area contributed by atoms with Crippen molar-refractivity contribution in [1.82, 2.24) is 10.6 Å². The average Bonchev–Trinajstić information content (AvgIpc) is 2.79. The van der Waals surface area contributed by atoms with Gasteiger partial charge in [0.2, 0.25) is 5.91 Å². The van der Waals surface area contributed by atoms with Crippen LogP contribution in [0.25, 0.3) is 0 Å². The molecule has 1 aliphatic heterocycles. The van der Waals surface area contributed by atoms with Gasteiger partial charge in [-0.05, 0) is 37.1 Å². The van der Waals surface area contributed by atoms with Crippen molar-refractivity contribution in [3.05, 3.63) is 34.3 Å². The summed E-state index contributed by atoms with van der Waals surface area (Å²) in [6.45, 7) is 1.55. The molecule has 1 aromatic rings. The molecule has 0 saturated carbocycles. The van der Waals surface area contributed by atoms with E-state index in [4.69, 9.17) is 0 Å². The van der Waals surface area contributed by atoms with Crippen LogP contribution in [0.3, 0.4) is 0 Å². The zero-order chi connectivity index (χ0) is 11.4. The zero-order valence-corrected chi connectivity index (χ0v) is 10.6. The summed E-state index contributed by atoms with van der Waals surface area (Å²) in [7, 11) is 0. The van der Waals surface area contributed by atoms with E-state index in [0.29, 0.717) is 6.54 Å². The summed E-state index contributed by atoms with van der Waals surface area (Å²) in [5.41, 5.74) is 1.11. The molecule has 1 aromatic carbocycles. The summed E-state index contributed by atoms with van der Waals surface area (Å²) in [6, 6.07) is 7.98. The van der Waals surface area contributed by atoms with Crippen LogP contribution in [0, 0.1) is 0 Å². The minimum Gasteiger partial charge on any atom is -0.351 e. The first kappa shape index (κ1) is 11.6. The van der Waals surface area contributed by atoms with E-state index in [-0.39, 0.29) is 11.9 Å². The van der Waals surface area contributed by atoms with Crippen molar-refractivity contribution in [1.29, 1.82) is 0 Å². The molecule has 2 rings (SSSR count). The normalized spacial score (nSPS) is 19.7. The summed E-state index contributed by atoms with van der Waals surface area (Å²) < 4.78 is 1.04. The first-order valence-corrected chi connectivity index (χ1v) is 6.30. The van der Waals surface area contributed by atoms with Crippen molar-refractivity contribution >= 4 is 21.8 Å². The van der Waals surface area contributed by atoms with Crippen molar-refractivity contribution in [2.75, 3.05) is 6.54 Å². The summed E-state index contributed by atoms with van der Waals surface area (Å²) in [5.74, 6) is 0.109. The number of nitrogens with one attached hydrogen (secondary N) is 2. The molecule has 0 spiro atoms. The molecule has 1 amide bonds. The molecule has 16 heavy (non-hydrogen) atoms. The van der Waals surface area contributed by atoms with Crippen LogP contribution in [-0.4, -0.2) is 18.5 Å². The van der Waals surface area contributed by atoms with Gasteiger partial charge in [-0.25, -0.2) is 0 Å². The van der Waals surface area contributed by atoms with Gasteiger partial charge in [0.05, 0.1) is 6.04 Å². The molecule has 3 nitrogen and oxygen atoms in total. The molecule has 0 aromatic heterocycles. The quantitative estimate of drug-likeness (QED) is 0.888. The predicted octanol–water partition coefficient (Wildman–Crippen LogP) is 1.82. The molecule has 86 valence electrons. The summed E-state index contributed by atoms with van der Waals surface area (Å²) in [4.78, 5) is 11.7. The van der Waals surface area contributed by atoms with Crippen LogP contribution in [-0.2, 0) is 11.3 Å². The fourth-order valence-corrected chi connectivity index (χ4v) is 2.31. The molecule has 2 N–H and O–H groups in total. The molecule has 0 aliphatic carbocycles. The molecule has 1 heterocycles. The Kier molecular flexibility index (Phi) is 3.96. The van der Waals surface area contributed by atoms with Crippen LogP contribution >= 0.6 is 15.9 Å². The molecule has 1 aliphatic rings. The van der Waals surface area contributed by atoms with E-state index in [1.54, 1.807) is 0 Å². The van der Waals surface area contributed by atoms with Gasteiger partial charge in [0.15, 0.2) is 0 Å². The van der Waals surface area contributed by atoms with Gasteiger partial charge in [-0.1, -0.05) is 28.1 Å². The SMILES string of the molecule is O=C(NCc1cccc(Br)c1)[C@@H]1CCCN1. The van der Waals surface area contributed by atoms with Gasteiger partial charge in [-0.15, -0.1) is 0 Å². The standard InChI is InChI=1S/C12H15BrN2O/c13-10-4-1-3-9(7-10)8-15-12(16)11-5-2-6-14-11/h1,3-4,7,11,14H,2,5-6,8H2,(H,15,16)/t11-/m0/s1. The Bertz CT molecular complexity index is 375. The van der Waals surface area contributed by atoms with Crippen LogP contribution in [0.4, 0.5) is 0 Å². The number of halogens is 1. The maximum atomic E-state index is 11.7. The van der Waals surface area contributed by atoms with Crippen molar-refractivity contribution in [2.45, 2.75) is 25.4 Å². The lowest BCUT2D eigenvalue weighted by atomic mass is 10.2. The number of carbonyl (C=O) groups is 1. The van der Waals surface area contributed by atoms with E-state index in [1.807, 2.05) is 24.3 Å². The molecule has 1 atom stereocenters. The third-order valence-electron chi connectivity index (χ3n) is 2.73. The first-order chi connectivity index (χ1) is 7.75. The Morgan fingerprint density at radius 3 is 3.12 bits per heavy atom. The Morgan fingerprint density at radius 2 is 2.44 bits per heavy atom. The Hall–Kier alpha value is -0.870. The van der Waals surface area contributed by atoms with Crippen LogP contribution in [0.2, 0.25) is 0 Å². The van der Waals surface area contributed by atoms with Gasteiger partial charge >= 0.3 is 0 Å². The highest BCUT2D eigenvalue weighted by Crippen LogP contribution is 2.11. The molecule has 0 unspecified atom stereocenters. The lowest BCUT2D eigenvalue weighted by Crippen LogP contribution is -2.39. The Morgan fingerprint density at radius 1 is 1.56 bits per heavy atom. The topological polar surface area (TPSA) is 41.1 Å². The highest BCUT2D eigenvalue weighted by atomic mass is 79.9. The fourth-order valence-electron chi connectivity index (χ4n) is 1.87. The second-order valence-electron chi connectivity index (χ2n) is 4.00. The number of rotatable bonds is 3. The fraction of sp³-hybridized carbons (Fsp3) is 0.417. The Labute approximate surface area is 104 Å². The number of carbonyl (C=O) groups excluding carboxylic acids is 1. The van der Waals surface area contributed by atoms with Gasteiger partial charge in [-0.3, -0.25) is 4.79 Å². The number of hydrogen-bond donors (Lipinski definition) is 2. The third-order valence-corrected chi connectivity index (χ3v) is 3.23. The highest BCUT2D eigenvalue weighted by molar-refractivity contribution is 9.10. The van der Waals surface area contributed by atoms with Gasteiger partial charge < -0.3 is 10.6 Å². The number of hydrogen-bond acceptors (Lipinski definition) is 2. The minimum absolute atomic E-state index is 0.00662. The Balaban J connectivity index is 1.84. The van der Waals surface area contributed by atoms with Crippen molar-refractivity contribution in [3.63, 3.8) is 0 Å². The van der Waals surface area contributed by atoms with Crippen LogP contribution in [0.1, 0.15) is 18.4 Å². The molecular formula is C12H15BrN2O. The maximum Gasteiger partial charge on any atom is 0.237 e. The molecule has 4 heteroatoms. The lowest BCUT2D eigenvalue weighted by molar-refractivity contribution is -0.122. The smallest absolute Gasteiger partial charge is 0.237 e. The average molecular weight is 283 g/mol. The molecule has 0 radical (unpaired) electrons. The molecule has 1 fully saturated rings. The van der Waals surface area contributed by atoms with Gasteiger partial charge in [0.1, 0.15) is 0 Å². The molecule has 0 bridgehead atoms. The lowest BCUT2D eigenvalue weighted by Gasteiger charge is -2.11. The van der Waals surface area contributed by atoms with Crippen LogP contribution in [0.5, 0.6) is 0 Å². The second-order valence-corrected chi connectivity index (χ2v) is 4.91. The first-order valence-electron chi connectivity index (χ1n) is 5.51. The largest absolute Gasteiger partial charge is 0.351 e. The van der Waals surface area contributed by atoms with Gasteiger partial charge in [0, 0.05) is 11.0 Å². The predicted molar refractivity (Wildman–Crippen MR) is 67.0 cm³/mol. The third kappa shape index (κ3) is 3.06. The van der Waals surface area contributed by atoms with Crippen LogP contribution in [0.15, 0.2) is 28.7 Å². The van der Waals surface area contributed by atoms with E-state index < -0.39 is 0 Å². The van der Waals surface area contributed by atoms with Crippen molar-refractivity contribution < 1.29 is 4.79 Å². The highest BCUT2D eigenvalue weighted by Gasteiger charge is 2.21. The second kappa shape index (κ2) is 5.46. The van der Waals surface area contributed by atoms with Crippen molar-refractivity contribution in [2.24, 2.45) is 0 Å². The van der Waals surface area contributed by atoms with E-state index in [2.05, 4.69) is 26.6 Å². The monoisotopic (exact) mass is 282 g/mol. The van der Waals surface area contributed by atoms with E-state index in [0.717, 1.165) is 29.4 Å². The summed E-state index contributed by atoms with van der Waals surface area (Å²) >= 11 is 3.41. The van der Waals surface area contributed by atoms with E-state index >= 15 is 0 Å². The van der Waals surface area contributed by atoms with Gasteiger partial charge in [-0.2, -0.15) is 0 Å². The zero-order valence-electron chi connectivity index (χ0n) is 9.00. The minimum atomic E-state index is 0.00662. The van der Waals surface area contributed by atoms with Crippen LogP contribution < -0.4 is 10.6 Å². The van der Waals surface area contributed by atoms with E-state index in [9.17, 15) is 4.79 Å². The molecule has 1 saturated heterocycles. The number of benzene rings is 1. The molecular weight excluding hydrogens is 268 g/mol.